The molecule has 30 heavy (non-hydrogen) atoms. The second-order valence-electron chi connectivity index (χ2n) is 11.8. The van der Waals surface area contributed by atoms with Crippen molar-refractivity contribution in [1.82, 2.24) is 0 Å². The van der Waals surface area contributed by atoms with Crippen LogP contribution in [0.2, 0.25) is 0 Å². The number of phenols is 1. The van der Waals surface area contributed by atoms with Crippen molar-refractivity contribution in [2.45, 2.75) is 90.4 Å². The fourth-order valence-corrected chi connectivity index (χ4v) is 8.90. The van der Waals surface area contributed by atoms with E-state index in [0.717, 1.165) is 24.9 Å². The van der Waals surface area contributed by atoms with Gasteiger partial charge in [0, 0.05) is 12.3 Å². The van der Waals surface area contributed by atoms with E-state index in [1.165, 1.54) is 55.2 Å². The Morgan fingerprint density at radius 2 is 1.93 bits per heavy atom. The van der Waals surface area contributed by atoms with Crippen LogP contribution in [0.25, 0.3) is 0 Å². The standard InChI is InChI=1S/C27H38O3/c1-15-7-10-27(29-14-15)17(3)25-24(30-27)13-23-21-6-5-19-16(2)11-18(28)12-22(19)20(21)8-9-26(23,25)4/h11-12,15,17,20-21,23-25,28H,5-10,13-14H2,1-4H3/t15-,17+,20+,21-,23+,24+,25+,26+,27-/m1/s1. The molecule has 9 atom stereocenters. The zero-order valence-corrected chi connectivity index (χ0v) is 19.1. The normalized spacial score (nSPS) is 49.4. The third-order valence-corrected chi connectivity index (χ3v) is 10.3. The summed E-state index contributed by atoms with van der Waals surface area (Å²) in [6, 6.07) is 4.04. The Morgan fingerprint density at radius 3 is 2.70 bits per heavy atom. The molecule has 0 unspecified atom stereocenters. The minimum absolute atomic E-state index is 0.311. The molecule has 2 saturated heterocycles. The van der Waals surface area contributed by atoms with E-state index >= 15 is 0 Å². The van der Waals surface area contributed by atoms with Gasteiger partial charge < -0.3 is 14.6 Å². The van der Waals surface area contributed by atoms with E-state index in [1.807, 2.05) is 6.07 Å². The van der Waals surface area contributed by atoms with Gasteiger partial charge in [-0.15, -0.1) is 0 Å². The zero-order valence-electron chi connectivity index (χ0n) is 19.1. The van der Waals surface area contributed by atoms with Crippen LogP contribution in [0.1, 0.15) is 81.9 Å². The van der Waals surface area contributed by atoms with Crippen molar-refractivity contribution < 1.29 is 14.6 Å². The molecule has 0 radical (unpaired) electrons. The molecule has 2 aliphatic heterocycles. The van der Waals surface area contributed by atoms with Crippen molar-refractivity contribution in [2.75, 3.05) is 6.61 Å². The summed E-state index contributed by atoms with van der Waals surface area (Å²) >= 11 is 0. The van der Waals surface area contributed by atoms with Crippen LogP contribution in [0.4, 0.5) is 0 Å². The summed E-state index contributed by atoms with van der Waals surface area (Å²) in [6.45, 7) is 10.3. The Morgan fingerprint density at radius 1 is 1.10 bits per heavy atom. The van der Waals surface area contributed by atoms with Gasteiger partial charge in [0.25, 0.3) is 0 Å². The largest absolute Gasteiger partial charge is 0.508 e. The van der Waals surface area contributed by atoms with Gasteiger partial charge in [-0.05, 0) is 109 Å². The van der Waals surface area contributed by atoms with Crippen LogP contribution >= 0.6 is 0 Å². The van der Waals surface area contributed by atoms with Crippen LogP contribution in [0.5, 0.6) is 5.75 Å². The van der Waals surface area contributed by atoms with E-state index in [-0.39, 0.29) is 5.79 Å². The van der Waals surface area contributed by atoms with E-state index in [9.17, 15) is 5.11 Å². The summed E-state index contributed by atoms with van der Waals surface area (Å²) < 4.78 is 13.3. The van der Waals surface area contributed by atoms with Crippen LogP contribution in [-0.2, 0) is 15.9 Å². The number of hydrogen-bond donors (Lipinski definition) is 1. The maximum atomic E-state index is 10.3. The molecule has 1 aromatic carbocycles. The topological polar surface area (TPSA) is 38.7 Å². The molecule has 3 aliphatic carbocycles. The van der Waals surface area contributed by atoms with Gasteiger partial charge in [0.15, 0.2) is 5.79 Å². The molecule has 0 aromatic heterocycles. The van der Waals surface area contributed by atoms with Gasteiger partial charge >= 0.3 is 0 Å². The van der Waals surface area contributed by atoms with E-state index < -0.39 is 0 Å². The third-order valence-electron chi connectivity index (χ3n) is 10.3. The van der Waals surface area contributed by atoms with E-state index in [1.54, 1.807) is 0 Å². The number of aromatic hydroxyl groups is 1. The number of benzene rings is 1. The highest BCUT2D eigenvalue weighted by molar-refractivity contribution is 5.45. The molecule has 2 saturated carbocycles. The first kappa shape index (κ1) is 19.6. The summed E-state index contributed by atoms with van der Waals surface area (Å²) in [4.78, 5) is 0. The molecular weight excluding hydrogens is 372 g/mol. The molecule has 3 heteroatoms. The number of aryl methyl sites for hydroxylation is 1. The number of fused-ring (bicyclic) bond motifs is 7. The molecule has 164 valence electrons. The van der Waals surface area contributed by atoms with Crippen LogP contribution in [0.15, 0.2) is 12.1 Å². The number of ether oxygens (including phenoxy) is 2. The minimum Gasteiger partial charge on any atom is -0.508 e. The Hall–Kier alpha value is -1.06. The molecule has 4 fully saturated rings. The van der Waals surface area contributed by atoms with Crippen molar-refractivity contribution in [2.24, 2.45) is 35.0 Å². The van der Waals surface area contributed by atoms with E-state index in [2.05, 4.69) is 33.8 Å². The average molecular weight is 411 g/mol. The Bertz CT molecular complexity index is 854. The fourth-order valence-electron chi connectivity index (χ4n) is 8.90. The van der Waals surface area contributed by atoms with Crippen molar-refractivity contribution in [3.05, 3.63) is 28.8 Å². The third kappa shape index (κ3) is 2.51. The maximum absolute atomic E-state index is 10.3. The van der Waals surface area contributed by atoms with Gasteiger partial charge in [-0.3, -0.25) is 0 Å². The highest BCUT2D eigenvalue weighted by Gasteiger charge is 2.67. The fraction of sp³-hybridized carbons (Fsp3) is 0.778. The highest BCUT2D eigenvalue weighted by atomic mass is 16.7. The minimum atomic E-state index is -0.311. The first-order valence-corrected chi connectivity index (χ1v) is 12.5. The van der Waals surface area contributed by atoms with Crippen LogP contribution < -0.4 is 0 Å². The first-order valence-electron chi connectivity index (χ1n) is 12.5. The van der Waals surface area contributed by atoms with Gasteiger partial charge in [-0.25, -0.2) is 0 Å². The summed E-state index contributed by atoms with van der Waals surface area (Å²) in [5, 5.41) is 10.3. The van der Waals surface area contributed by atoms with Gasteiger partial charge in [0.2, 0.25) is 0 Å². The Kier molecular flexibility index (Phi) is 4.24. The molecule has 0 bridgehead atoms. The quantitative estimate of drug-likeness (QED) is 0.573. The molecule has 0 amide bonds. The molecular formula is C27H38O3. The second kappa shape index (κ2) is 6.48. The summed E-state index contributed by atoms with van der Waals surface area (Å²) in [5.74, 6) is 4.01. The average Bonchev–Trinajstić information content (AvgIpc) is 3.15. The summed E-state index contributed by atoms with van der Waals surface area (Å²) in [7, 11) is 0. The van der Waals surface area contributed by atoms with Crippen LogP contribution in [-0.4, -0.2) is 23.6 Å². The molecule has 2 heterocycles. The zero-order chi connectivity index (χ0) is 20.8. The number of rotatable bonds is 0. The molecule has 6 rings (SSSR count). The number of phenolic OH excluding ortho intramolecular Hbond substituents is 1. The maximum Gasteiger partial charge on any atom is 0.171 e. The van der Waals surface area contributed by atoms with Gasteiger partial charge in [0.1, 0.15) is 5.75 Å². The lowest BCUT2D eigenvalue weighted by molar-refractivity contribution is -0.272. The SMILES string of the molecule is Cc1cc(O)cc2c1CC[C@@H]1[C@@H]2CC[C@]2(C)[C@@H]3[C@H](C[C@@H]12)O[C@]1(CC[C@@H](C)CO1)[C@H]3C. The highest BCUT2D eigenvalue weighted by Crippen LogP contribution is 2.69. The van der Waals surface area contributed by atoms with E-state index in [4.69, 9.17) is 9.47 Å². The van der Waals surface area contributed by atoms with Crippen molar-refractivity contribution in [3.63, 3.8) is 0 Å². The van der Waals surface area contributed by atoms with Gasteiger partial charge in [-0.1, -0.05) is 20.8 Å². The van der Waals surface area contributed by atoms with Crippen molar-refractivity contribution in [3.8, 4) is 5.75 Å². The molecule has 1 spiro atoms. The Labute approximate surface area is 181 Å². The van der Waals surface area contributed by atoms with Gasteiger partial charge in [0.05, 0.1) is 12.7 Å². The van der Waals surface area contributed by atoms with Crippen molar-refractivity contribution in [1.29, 1.82) is 0 Å². The van der Waals surface area contributed by atoms with Gasteiger partial charge in [-0.2, -0.15) is 0 Å². The summed E-state index contributed by atoms with van der Waals surface area (Å²) in [5.41, 5.74) is 4.62. The molecule has 1 aromatic rings. The lowest BCUT2D eigenvalue weighted by Gasteiger charge is -2.52. The first-order chi connectivity index (χ1) is 14.3. The van der Waals surface area contributed by atoms with Crippen LogP contribution in [0, 0.1) is 41.9 Å². The smallest absolute Gasteiger partial charge is 0.171 e. The predicted molar refractivity (Wildman–Crippen MR) is 117 cm³/mol. The Balaban J connectivity index is 1.31. The molecule has 5 aliphatic rings. The lowest BCUT2D eigenvalue weighted by Crippen LogP contribution is -2.48. The molecule has 3 nitrogen and oxygen atoms in total. The second-order valence-corrected chi connectivity index (χ2v) is 11.8. The summed E-state index contributed by atoms with van der Waals surface area (Å²) in [6.07, 6.45) is 8.90. The van der Waals surface area contributed by atoms with E-state index in [0.29, 0.717) is 40.9 Å². The predicted octanol–water partition coefficient (Wildman–Crippen LogP) is 5.96. The number of hydrogen-bond acceptors (Lipinski definition) is 3. The lowest BCUT2D eigenvalue weighted by atomic mass is 9.52. The monoisotopic (exact) mass is 410 g/mol. The van der Waals surface area contributed by atoms with Crippen LogP contribution in [0.3, 0.4) is 0 Å². The van der Waals surface area contributed by atoms with Crippen molar-refractivity contribution >= 4 is 0 Å². The molecule has 1 N–H and O–H groups in total.